The van der Waals surface area contributed by atoms with Crippen molar-refractivity contribution in [2.75, 3.05) is 0 Å². The Morgan fingerprint density at radius 1 is 0.720 bits per heavy atom. The van der Waals surface area contributed by atoms with Crippen molar-refractivity contribution in [2.24, 2.45) is 0 Å². The number of hydrogen-bond donors (Lipinski definition) is 2. The molecule has 25 heavy (non-hydrogen) atoms. The van der Waals surface area contributed by atoms with Gasteiger partial charge in [-0.25, -0.2) is 0 Å². The van der Waals surface area contributed by atoms with Crippen molar-refractivity contribution in [3.8, 4) is 0 Å². The monoisotopic (exact) mass is 329 g/mol. The first-order chi connectivity index (χ1) is 12.3. The summed E-state index contributed by atoms with van der Waals surface area (Å²) in [4.78, 5) is 0. The van der Waals surface area contributed by atoms with Crippen LogP contribution in [0.4, 0.5) is 0 Å². The molecular weight excluding hydrogens is 306 g/mol. The molecule has 3 aromatic carbocycles. The summed E-state index contributed by atoms with van der Waals surface area (Å²) < 4.78 is 0. The first-order valence-corrected chi connectivity index (χ1v) is 8.92. The molecule has 126 valence electrons. The van der Waals surface area contributed by atoms with Crippen LogP contribution in [0.1, 0.15) is 41.2 Å². The molecule has 2 heteroatoms. The number of rotatable bonds is 6. The molecule has 4 atom stereocenters. The summed E-state index contributed by atoms with van der Waals surface area (Å²) in [7, 11) is 0. The van der Waals surface area contributed by atoms with Gasteiger partial charge < -0.3 is 10.4 Å². The summed E-state index contributed by atoms with van der Waals surface area (Å²) in [5.74, 6) is 0.537. The van der Waals surface area contributed by atoms with E-state index in [-0.39, 0.29) is 6.04 Å². The molecule has 2 nitrogen and oxygen atoms in total. The molecule has 0 heterocycles. The molecule has 1 saturated carbocycles. The van der Waals surface area contributed by atoms with Gasteiger partial charge >= 0.3 is 0 Å². The van der Waals surface area contributed by atoms with Crippen LogP contribution in [-0.4, -0.2) is 11.1 Å². The van der Waals surface area contributed by atoms with Crippen molar-refractivity contribution in [3.63, 3.8) is 0 Å². The normalized spacial score (nSPS) is 21.5. The molecule has 0 amide bonds. The summed E-state index contributed by atoms with van der Waals surface area (Å²) in [5, 5.41) is 14.7. The second kappa shape index (κ2) is 7.22. The third-order valence-electron chi connectivity index (χ3n) is 5.03. The smallest absolute Gasteiger partial charge is 0.0984 e. The lowest BCUT2D eigenvalue weighted by Crippen LogP contribution is -2.29. The molecule has 0 bridgehead atoms. The van der Waals surface area contributed by atoms with E-state index in [9.17, 15) is 5.11 Å². The third kappa shape index (κ3) is 3.65. The van der Waals surface area contributed by atoms with Crippen molar-refractivity contribution >= 4 is 0 Å². The van der Waals surface area contributed by atoms with Crippen LogP contribution in [0.3, 0.4) is 0 Å². The van der Waals surface area contributed by atoms with Gasteiger partial charge in [0.2, 0.25) is 0 Å². The Kier molecular flexibility index (Phi) is 4.64. The minimum Gasteiger partial charge on any atom is -0.386 e. The van der Waals surface area contributed by atoms with Crippen LogP contribution in [0.2, 0.25) is 0 Å². The van der Waals surface area contributed by atoms with Gasteiger partial charge in [0, 0.05) is 12.0 Å². The van der Waals surface area contributed by atoms with E-state index in [0.717, 1.165) is 17.5 Å². The van der Waals surface area contributed by atoms with E-state index in [4.69, 9.17) is 0 Å². The Bertz CT molecular complexity index is 788. The molecular formula is C23H23NO. The van der Waals surface area contributed by atoms with Crippen LogP contribution < -0.4 is 5.32 Å². The van der Waals surface area contributed by atoms with Gasteiger partial charge in [0.05, 0.1) is 12.1 Å². The highest BCUT2D eigenvalue weighted by Gasteiger charge is 2.40. The zero-order valence-electron chi connectivity index (χ0n) is 14.1. The minimum atomic E-state index is -0.569. The Hall–Kier alpha value is -2.42. The number of benzene rings is 3. The molecule has 0 aliphatic heterocycles. The molecule has 4 rings (SSSR count). The van der Waals surface area contributed by atoms with Gasteiger partial charge in [-0.05, 0) is 23.1 Å². The van der Waals surface area contributed by atoms with Crippen LogP contribution in [0.25, 0.3) is 0 Å². The SMILES string of the molecule is O[C@@H](c1ccccc1)[C@H](N[C@H]1C[C@@H]1c1ccccc1)c1ccccc1. The molecule has 0 saturated heterocycles. The first kappa shape index (κ1) is 16.1. The molecule has 1 aliphatic carbocycles. The topological polar surface area (TPSA) is 32.3 Å². The van der Waals surface area contributed by atoms with E-state index in [2.05, 4.69) is 47.8 Å². The van der Waals surface area contributed by atoms with Gasteiger partial charge in [0.25, 0.3) is 0 Å². The first-order valence-electron chi connectivity index (χ1n) is 8.92. The summed E-state index contributed by atoms with van der Waals surface area (Å²) in [6.45, 7) is 0. The molecule has 1 fully saturated rings. The Balaban J connectivity index is 1.55. The number of hydrogen-bond acceptors (Lipinski definition) is 2. The summed E-state index contributed by atoms with van der Waals surface area (Å²) >= 11 is 0. The number of aliphatic hydroxyl groups excluding tert-OH is 1. The highest BCUT2D eigenvalue weighted by molar-refractivity contribution is 5.31. The summed E-state index contributed by atoms with van der Waals surface area (Å²) in [6.07, 6.45) is 0.551. The molecule has 0 aromatic heterocycles. The Morgan fingerprint density at radius 3 is 1.84 bits per heavy atom. The zero-order valence-corrected chi connectivity index (χ0v) is 14.1. The van der Waals surface area contributed by atoms with E-state index < -0.39 is 6.10 Å². The standard InChI is InChI=1S/C23H23NO/c25-23(19-14-8-3-9-15-19)22(18-12-6-2-7-13-18)24-21-16-20(21)17-10-4-1-5-11-17/h1-15,20-25H,16H2/t20-,21+,22-,23+/m1/s1. The fourth-order valence-electron chi connectivity index (χ4n) is 3.55. The minimum absolute atomic E-state index is 0.109. The van der Waals surface area contributed by atoms with Crippen molar-refractivity contribution in [2.45, 2.75) is 30.5 Å². The van der Waals surface area contributed by atoms with E-state index in [1.165, 1.54) is 5.56 Å². The second-order valence-corrected chi connectivity index (χ2v) is 6.77. The van der Waals surface area contributed by atoms with Gasteiger partial charge in [-0.3, -0.25) is 0 Å². The molecule has 2 N–H and O–H groups in total. The maximum Gasteiger partial charge on any atom is 0.0984 e. The molecule has 0 radical (unpaired) electrons. The predicted octanol–water partition coefficient (Wildman–Crippen LogP) is 4.61. The average Bonchev–Trinajstić information content (AvgIpc) is 3.47. The van der Waals surface area contributed by atoms with Crippen molar-refractivity contribution in [1.29, 1.82) is 0 Å². The van der Waals surface area contributed by atoms with Crippen LogP contribution in [0.5, 0.6) is 0 Å². The van der Waals surface area contributed by atoms with E-state index >= 15 is 0 Å². The average molecular weight is 329 g/mol. The lowest BCUT2D eigenvalue weighted by atomic mass is 9.95. The van der Waals surface area contributed by atoms with Gasteiger partial charge in [0.15, 0.2) is 0 Å². The lowest BCUT2D eigenvalue weighted by molar-refractivity contribution is 0.127. The quantitative estimate of drug-likeness (QED) is 0.692. The van der Waals surface area contributed by atoms with Crippen LogP contribution in [0, 0.1) is 0 Å². The highest BCUT2D eigenvalue weighted by Crippen LogP contribution is 2.43. The molecule has 1 aliphatic rings. The van der Waals surface area contributed by atoms with Crippen molar-refractivity contribution in [1.82, 2.24) is 5.32 Å². The van der Waals surface area contributed by atoms with E-state index in [1.807, 2.05) is 48.5 Å². The molecule has 0 unspecified atom stereocenters. The second-order valence-electron chi connectivity index (χ2n) is 6.77. The maximum atomic E-state index is 11.0. The Morgan fingerprint density at radius 2 is 1.24 bits per heavy atom. The van der Waals surface area contributed by atoms with E-state index in [0.29, 0.717) is 12.0 Å². The van der Waals surface area contributed by atoms with Crippen LogP contribution in [-0.2, 0) is 0 Å². The predicted molar refractivity (Wildman–Crippen MR) is 101 cm³/mol. The fourth-order valence-corrected chi connectivity index (χ4v) is 3.55. The third-order valence-corrected chi connectivity index (χ3v) is 5.03. The summed E-state index contributed by atoms with van der Waals surface area (Å²) in [6, 6.07) is 31.1. The highest BCUT2D eigenvalue weighted by atomic mass is 16.3. The largest absolute Gasteiger partial charge is 0.386 e. The van der Waals surface area contributed by atoms with Gasteiger partial charge in [-0.2, -0.15) is 0 Å². The van der Waals surface area contributed by atoms with Crippen LogP contribution in [0.15, 0.2) is 91.0 Å². The number of aliphatic hydroxyl groups is 1. The Labute approximate surface area is 149 Å². The van der Waals surface area contributed by atoms with Gasteiger partial charge in [0.1, 0.15) is 0 Å². The number of nitrogens with one attached hydrogen (secondary N) is 1. The van der Waals surface area contributed by atoms with Crippen molar-refractivity contribution < 1.29 is 5.11 Å². The van der Waals surface area contributed by atoms with E-state index in [1.54, 1.807) is 0 Å². The molecule has 3 aromatic rings. The lowest BCUT2D eigenvalue weighted by Gasteiger charge is -2.25. The molecule has 0 spiro atoms. The van der Waals surface area contributed by atoms with Crippen LogP contribution >= 0.6 is 0 Å². The summed E-state index contributed by atoms with van der Waals surface area (Å²) in [5.41, 5.74) is 3.44. The zero-order chi connectivity index (χ0) is 17.1. The van der Waals surface area contributed by atoms with Gasteiger partial charge in [-0.1, -0.05) is 91.0 Å². The van der Waals surface area contributed by atoms with Crippen molar-refractivity contribution in [3.05, 3.63) is 108 Å². The van der Waals surface area contributed by atoms with Gasteiger partial charge in [-0.15, -0.1) is 0 Å². The maximum absolute atomic E-state index is 11.0. The fraction of sp³-hybridized carbons (Fsp3) is 0.217.